The number of nitrogen functional groups attached to an aromatic ring is 1. The number of hydrogen-bond acceptors (Lipinski definition) is 3. The van der Waals surface area contributed by atoms with Crippen molar-refractivity contribution in [3.63, 3.8) is 0 Å². The third-order valence-corrected chi connectivity index (χ3v) is 2.10. The highest BCUT2D eigenvalue weighted by Crippen LogP contribution is 2.25. The van der Waals surface area contributed by atoms with Crippen LogP contribution in [0, 0.1) is 0 Å². The summed E-state index contributed by atoms with van der Waals surface area (Å²) in [5, 5.41) is 0.403. The molecular formula is C10H8ClN3. The smallest absolute Gasteiger partial charge is 0.131 e. The van der Waals surface area contributed by atoms with Gasteiger partial charge >= 0.3 is 0 Å². The van der Waals surface area contributed by atoms with Crippen LogP contribution in [0.4, 0.5) is 5.69 Å². The minimum absolute atomic E-state index is 0.403. The Kier molecular flexibility index (Phi) is 2.33. The first-order valence-corrected chi connectivity index (χ1v) is 4.46. The van der Waals surface area contributed by atoms with Crippen molar-refractivity contribution in [2.75, 3.05) is 5.73 Å². The van der Waals surface area contributed by atoms with Crippen molar-refractivity contribution in [2.45, 2.75) is 0 Å². The molecule has 0 aliphatic heterocycles. The number of halogens is 1. The predicted octanol–water partition coefficient (Wildman–Crippen LogP) is 2.38. The summed E-state index contributed by atoms with van der Waals surface area (Å²) in [5.74, 6) is 0. The molecule has 2 rings (SSSR count). The monoisotopic (exact) mass is 205 g/mol. The van der Waals surface area contributed by atoms with Gasteiger partial charge in [0.25, 0.3) is 0 Å². The van der Waals surface area contributed by atoms with E-state index in [1.807, 2.05) is 12.1 Å². The van der Waals surface area contributed by atoms with Crippen molar-refractivity contribution in [1.82, 2.24) is 9.97 Å². The summed E-state index contributed by atoms with van der Waals surface area (Å²) in [6, 6.07) is 5.39. The van der Waals surface area contributed by atoms with Gasteiger partial charge in [0, 0.05) is 29.8 Å². The molecule has 0 radical (unpaired) electrons. The van der Waals surface area contributed by atoms with Gasteiger partial charge in [-0.2, -0.15) is 0 Å². The number of anilines is 1. The van der Waals surface area contributed by atoms with E-state index in [9.17, 15) is 0 Å². The third kappa shape index (κ3) is 1.67. The van der Waals surface area contributed by atoms with Crippen LogP contribution in [0.5, 0.6) is 0 Å². The molecule has 0 saturated heterocycles. The van der Waals surface area contributed by atoms with Gasteiger partial charge in [0.15, 0.2) is 0 Å². The Morgan fingerprint density at radius 3 is 2.57 bits per heavy atom. The molecule has 0 aliphatic carbocycles. The van der Waals surface area contributed by atoms with E-state index in [0.29, 0.717) is 10.8 Å². The molecule has 70 valence electrons. The van der Waals surface area contributed by atoms with Crippen molar-refractivity contribution in [3.8, 4) is 11.1 Å². The highest BCUT2D eigenvalue weighted by molar-refractivity contribution is 6.29. The molecule has 2 heterocycles. The molecule has 0 atom stereocenters. The lowest BCUT2D eigenvalue weighted by Gasteiger charge is -2.04. The minimum Gasteiger partial charge on any atom is -0.398 e. The normalized spacial score (nSPS) is 10.1. The molecule has 0 amide bonds. The fourth-order valence-electron chi connectivity index (χ4n) is 1.22. The third-order valence-electron chi connectivity index (χ3n) is 1.89. The summed E-state index contributed by atoms with van der Waals surface area (Å²) in [7, 11) is 0. The first-order chi connectivity index (χ1) is 6.77. The minimum atomic E-state index is 0.403. The largest absolute Gasteiger partial charge is 0.398 e. The predicted molar refractivity (Wildman–Crippen MR) is 56.9 cm³/mol. The van der Waals surface area contributed by atoms with E-state index >= 15 is 0 Å². The molecule has 0 fully saturated rings. The Hall–Kier alpha value is -1.61. The lowest BCUT2D eigenvalue weighted by Crippen LogP contribution is -1.91. The van der Waals surface area contributed by atoms with Gasteiger partial charge in [0.1, 0.15) is 5.15 Å². The van der Waals surface area contributed by atoms with Crippen LogP contribution in [-0.4, -0.2) is 9.97 Å². The fourth-order valence-corrected chi connectivity index (χ4v) is 1.38. The maximum atomic E-state index is 5.81. The van der Waals surface area contributed by atoms with Gasteiger partial charge in [-0.15, -0.1) is 0 Å². The molecule has 0 aromatic carbocycles. The zero-order valence-electron chi connectivity index (χ0n) is 7.31. The van der Waals surface area contributed by atoms with Gasteiger partial charge in [-0.3, -0.25) is 4.98 Å². The van der Waals surface area contributed by atoms with Crippen LogP contribution in [0.1, 0.15) is 0 Å². The maximum absolute atomic E-state index is 5.81. The second-order valence-corrected chi connectivity index (χ2v) is 3.22. The van der Waals surface area contributed by atoms with Crippen molar-refractivity contribution in [3.05, 3.63) is 41.9 Å². The van der Waals surface area contributed by atoms with Gasteiger partial charge in [-0.05, 0) is 23.8 Å². The van der Waals surface area contributed by atoms with E-state index in [1.54, 1.807) is 24.7 Å². The van der Waals surface area contributed by atoms with Crippen LogP contribution >= 0.6 is 11.6 Å². The van der Waals surface area contributed by atoms with Gasteiger partial charge < -0.3 is 5.73 Å². The molecular weight excluding hydrogens is 198 g/mol. The summed E-state index contributed by atoms with van der Waals surface area (Å²) in [6.07, 6.45) is 5.08. The molecule has 2 N–H and O–H groups in total. The van der Waals surface area contributed by atoms with E-state index in [2.05, 4.69) is 9.97 Å². The van der Waals surface area contributed by atoms with Crippen LogP contribution in [0.3, 0.4) is 0 Å². The molecule has 0 unspecified atom stereocenters. The van der Waals surface area contributed by atoms with E-state index in [0.717, 1.165) is 11.1 Å². The molecule has 0 spiro atoms. The molecule has 0 aliphatic rings. The fraction of sp³-hybridized carbons (Fsp3) is 0. The second-order valence-electron chi connectivity index (χ2n) is 2.83. The number of nitrogens with zero attached hydrogens (tertiary/aromatic N) is 2. The van der Waals surface area contributed by atoms with Crippen LogP contribution < -0.4 is 5.73 Å². The Morgan fingerprint density at radius 2 is 1.93 bits per heavy atom. The van der Waals surface area contributed by atoms with Crippen molar-refractivity contribution < 1.29 is 0 Å². The van der Waals surface area contributed by atoms with Crippen LogP contribution in [0.15, 0.2) is 36.8 Å². The standard InChI is InChI=1S/C10H8ClN3/c11-10-5-9(12)8(6-14-10)7-1-3-13-4-2-7/h1-6H,(H2,12,14). The van der Waals surface area contributed by atoms with E-state index in [4.69, 9.17) is 17.3 Å². The first kappa shape index (κ1) is 8.97. The molecule has 3 nitrogen and oxygen atoms in total. The highest BCUT2D eigenvalue weighted by atomic mass is 35.5. The summed E-state index contributed by atoms with van der Waals surface area (Å²) >= 11 is 5.70. The summed E-state index contributed by atoms with van der Waals surface area (Å²) in [6.45, 7) is 0. The molecule has 14 heavy (non-hydrogen) atoms. The maximum Gasteiger partial charge on any atom is 0.131 e. The number of pyridine rings is 2. The van der Waals surface area contributed by atoms with E-state index in [1.165, 1.54) is 0 Å². The second kappa shape index (κ2) is 3.64. The summed E-state index contributed by atoms with van der Waals surface area (Å²) in [5.41, 5.74) is 8.29. The quantitative estimate of drug-likeness (QED) is 0.728. The average molecular weight is 206 g/mol. The molecule has 0 saturated carbocycles. The van der Waals surface area contributed by atoms with Crippen molar-refractivity contribution in [2.24, 2.45) is 0 Å². The average Bonchev–Trinajstić information content (AvgIpc) is 2.19. The number of rotatable bonds is 1. The SMILES string of the molecule is Nc1cc(Cl)ncc1-c1ccncc1. The van der Waals surface area contributed by atoms with Gasteiger partial charge in [0.05, 0.1) is 0 Å². The van der Waals surface area contributed by atoms with Gasteiger partial charge in [-0.1, -0.05) is 11.6 Å². The van der Waals surface area contributed by atoms with Crippen molar-refractivity contribution >= 4 is 17.3 Å². The van der Waals surface area contributed by atoms with Crippen LogP contribution in [0.2, 0.25) is 5.15 Å². The van der Waals surface area contributed by atoms with E-state index < -0.39 is 0 Å². The van der Waals surface area contributed by atoms with Gasteiger partial charge in [-0.25, -0.2) is 4.98 Å². The topological polar surface area (TPSA) is 51.8 Å². The Balaban J connectivity index is 2.53. The zero-order valence-corrected chi connectivity index (χ0v) is 8.07. The zero-order chi connectivity index (χ0) is 9.97. The Bertz CT molecular complexity index is 442. The Labute approximate surface area is 86.6 Å². The highest BCUT2D eigenvalue weighted by Gasteiger charge is 2.02. The first-order valence-electron chi connectivity index (χ1n) is 4.09. The number of hydrogen-bond donors (Lipinski definition) is 1. The summed E-state index contributed by atoms with van der Waals surface area (Å²) in [4.78, 5) is 7.91. The van der Waals surface area contributed by atoms with Crippen molar-refractivity contribution in [1.29, 1.82) is 0 Å². The summed E-state index contributed by atoms with van der Waals surface area (Å²) < 4.78 is 0. The molecule has 2 aromatic heterocycles. The number of nitrogens with two attached hydrogens (primary N) is 1. The Morgan fingerprint density at radius 1 is 1.21 bits per heavy atom. The lowest BCUT2D eigenvalue weighted by molar-refractivity contribution is 1.30. The molecule has 0 bridgehead atoms. The lowest BCUT2D eigenvalue weighted by atomic mass is 10.1. The van der Waals surface area contributed by atoms with Gasteiger partial charge in [0.2, 0.25) is 0 Å². The van der Waals surface area contributed by atoms with Crippen LogP contribution in [0.25, 0.3) is 11.1 Å². The van der Waals surface area contributed by atoms with Crippen LogP contribution in [-0.2, 0) is 0 Å². The number of aromatic nitrogens is 2. The van der Waals surface area contributed by atoms with E-state index in [-0.39, 0.29) is 0 Å². The molecule has 4 heteroatoms. The molecule has 2 aromatic rings.